The third kappa shape index (κ3) is 5.29. The zero-order chi connectivity index (χ0) is 16.5. The van der Waals surface area contributed by atoms with Crippen LogP contribution in [0.4, 0.5) is 5.82 Å². The molecule has 1 atom stereocenters. The standard InChI is InChI=1S/C16H24N4O2/c1-5-7-20(8-6-2)14(12(3)4)10-19-15-11-17-13(9-18-15)16(21)22/h5-6,9,11-12,14H,1-2,7-8,10H2,3-4H3,(H,18,19)(H,21,22). The Morgan fingerprint density at radius 2 is 1.95 bits per heavy atom. The number of hydrogen-bond acceptors (Lipinski definition) is 5. The van der Waals surface area contributed by atoms with Crippen molar-refractivity contribution in [2.75, 3.05) is 25.0 Å². The quantitative estimate of drug-likeness (QED) is 0.646. The van der Waals surface area contributed by atoms with Crippen LogP contribution in [0.3, 0.4) is 0 Å². The third-order valence-corrected chi connectivity index (χ3v) is 3.33. The SMILES string of the molecule is C=CCN(CC=C)C(CNc1cnc(C(=O)O)cn1)C(C)C. The molecule has 1 aromatic heterocycles. The van der Waals surface area contributed by atoms with Gasteiger partial charge in [0.1, 0.15) is 5.82 Å². The van der Waals surface area contributed by atoms with Gasteiger partial charge in [-0.2, -0.15) is 0 Å². The van der Waals surface area contributed by atoms with Crippen molar-refractivity contribution in [2.45, 2.75) is 19.9 Å². The van der Waals surface area contributed by atoms with Crippen molar-refractivity contribution in [2.24, 2.45) is 5.92 Å². The van der Waals surface area contributed by atoms with Gasteiger partial charge in [0.2, 0.25) is 0 Å². The summed E-state index contributed by atoms with van der Waals surface area (Å²) in [4.78, 5) is 20.9. The summed E-state index contributed by atoms with van der Waals surface area (Å²) in [5, 5.41) is 12.0. The van der Waals surface area contributed by atoms with Crippen LogP contribution in [0.2, 0.25) is 0 Å². The minimum absolute atomic E-state index is 0.0640. The van der Waals surface area contributed by atoms with Crippen LogP contribution in [0.25, 0.3) is 0 Å². The molecule has 0 spiro atoms. The van der Waals surface area contributed by atoms with Gasteiger partial charge in [0.25, 0.3) is 0 Å². The first-order valence-corrected chi connectivity index (χ1v) is 7.24. The summed E-state index contributed by atoms with van der Waals surface area (Å²) in [5.41, 5.74) is -0.0640. The summed E-state index contributed by atoms with van der Waals surface area (Å²) < 4.78 is 0. The van der Waals surface area contributed by atoms with Gasteiger partial charge in [-0.15, -0.1) is 13.2 Å². The maximum absolute atomic E-state index is 10.8. The van der Waals surface area contributed by atoms with E-state index < -0.39 is 5.97 Å². The first-order valence-electron chi connectivity index (χ1n) is 7.24. The molecule has 1 heterocycles. The van der Waals surface area contributed by atoms with Crippen LogP contribution in [0.15, 0.2) is 37.7 Å². The molecule has 120 valence electrons. The van der Waals surface area contributed by atoms with Gasteiger partial charge >= 0.3 is 5.97 Å². The molecule has 6 nitrogen and oxygen atoms in total. The largest absolute Gasteiger partial charge is 0.476 e. The summed E-state index contributed by atoms with van der Waals surface area (Å²) in [5.74, 6) is -0.0892. The van der Waals surface area contributed by atoms with E-state index >= 15 is 0 Å². The highest BCUT2D eigenvalue weighted by Gasteiger charge is 2.20. The molecular weight excluding hydrogens is 280 g/mol. The lowest BCUT2D eigenvalue weighted by Gasteiger charge is -2.33. The normalized spacial score (nSPS) is 12.2. The Balaban J connectivity index is 2.72. The lowest BCUT2D eigenvalue weighted by atomic mass is 10.0. The molecule has 0 fully saturated rings. The van der Waals surface area contributed by atoms with Gasteiger partial charge in [0, 0.05) is 25.7 Å². The number of nitrogens with zero attached hydrogens (tertiary/aromatic N) is 3. The van der Waals surface area contributed by atoms with Crippen LogP contribution < -0.4 is 5.32 Å². The second-order valence-electron chi connectivity index (χ2n) is 5.32. The molecule has 0 aliphatic heterocycles. The number of carboxylic acids is 1. The van der Waals surface area contributed by atoms with Crippen molar-refractivity contribution in [3.8, 4) is 0 Å². The molecule has 1 unspecified atom stereocenters. The Hall–Kier alpha value is -2.21. The van der Waals surface area contributed by atoms with Gasteiger partial charge in [-0.25, -0.2) is 14.8 Å². The lowest BCUT2D eigenvalue weighted by molar-refractivity contribution is 0.0690. The van der Waals surface area contributed by atoms with Gasteiger partial charge in [-0.05, 0) is 5.92 Å². The van der Waals surface area contributed by atoms with E-state index in [0.29, 0.717) is 18.3 Å². The zero-order valence-electron chi connectivity index (χ0n) is 13.2. The Bertz CT molecular complexity index is 489. The smallest absolute Gasteiger partial charge is 0.356 e. The first kappa shape index (κ1) is 17.8. The summed E-state index contributed by atoms with van der Waals surface area (Å²) >= 11 is 0. The van der Waals surface area contributed by atoms with E-state index in [0.717, 1.165) is 13.1 Å². The minimum Gasteiger partial charge on any atom is -0.476 e. The van der Waals surface area contributed by atoms with Gasteiger partial charge in [-0.1, -0.05) is 26.0 Å². The van der Waals surface area contributed by atoms with Crippen LogP contribution >= 0.6 is 0 Å². The molecule has 1 aromatic rings. The molecule has 0 aliphatic rings. The molecule has 0 radical (unpaired) electrons. The number of carbonyl (C=O) groups is 1. The first-order chi connectivity index (χ1) is 10.5. The number of carboxylic acid groups (broad SMARTS) is 1. The van der Waals surface area contributed by atoms with Gasteiger partial charge in [-0.3, -0.25) is 4.90 Å². The average Bonchev–Trinajstić information content (AvgIpc) is 2.48. The topological polar surface area (TPSA) is 78.4 Å². The van der Waals surface area contributed by atoms with Crippen LogP contribution in [-0.2, 0) is 0 Å². The van der Waals surface area contributed by atoms with Gasteiger partial charge in [0.05, 0.1) is 12.4 Å². The van der Waals surface area contributed by atoms with Crippen molar-refractivity contribution in [1.82, 2.24) is 14.9 Å². The molecule has 2 N–H and O–H groups in total. The van der Waals surface area contributed by atoms with E-state index in [9.17, 15) is 4.79 Å². The maximum atomic E-state index is 10.8. The van der Waals surface area contributed by atoms with Crippen molar-refractivity contribution in [1.29, 1.82) is 0 Å². The Morgan fingerprint density at radius 1 is 1.32 bits per heavy atom. The minimum atomic E-state index is -1.08. The van der Waals surface area contributed by atoms with Crippen LogP contribution in [0, 0.1) is 5.92 Å². The average molecular weight is 304 g/mol. The lowest BCUT2D eigenvalue weighted by Crippen LogP contribution is -2.44. The second kappa shape index (κ2) is 8.94. The number of hydrogen-bond donors (Lipinski definition) is 2. The van der Waals surface area contributed by atoms with Crippen LogP contribution in [0.5, 0.6) is 0 Å². The summed E-state index contributed by atoms with van der Waals surface area (Å²) in [7, 11) is 0. The number of aromatic nitrogens is 2. The van der Waals surface area contributed by atoms with Gasteiger partial charge < -0.3 is 10.4 Å². The predicted octanol–water partition coefficient (Wildman–Crippen LogP) is 2.29. The fourth-order valence-electron chi connectivity index (χ4n) is 2.20. The van der Waals surface area contributed by atoms with Gasteiger partial charge in [0.15, 0.2) is 5.69 Å². The molecule has 0 amide bonds. The monoisotopic (exact) mass is 304 g/mol. The maximum Gasteiger partial charge on any atom is 0.356 e. The Labute approximate surface area is 131 Å². The molecule has 0 aliphatic carbocycles. The van der Waals surface area contributed by atoms with E-state index in [1.807, 2.05) is 12.2 Å². The Morgan fingerprint density at radius 3 is 2.36 bits per heavy atom. The fraction of sp³-hybridized carbons (Fsp3) is 0.438. The predicted molar refractivity (Wildman–Crippen MR) is 88.1 cm³/mol. The number of nitrogens with one attached hydrogen (secondary N) is 1. The van der Waals surface area contributed by atoms with Crippen molar-refractivity contribution in [3.05, 3.63) is 43.4 Å². The highest BCUT2D eigenvalue weighted by Crippen LogP contribution is 2.12. The van der Waals surface area contributed by atoms with E-state index in [2.05, 4.69) is 47.2 Å². The fourth-order valence-corrected chi connectivity index (χ4v) is 2.20. The molecule has 0 aromatic carbocycles. The number of aromatic carboxylic acids is 1. The Kier molecular flexibility index (Phi) is 7.25. The molecule has 0 saturated heterocycles. The highest BCUT2D eigenvalue weighted by atomic mass is 16.4. The summed E-state index contributed by atoms with van der Waals surface area (Å²) in [6, 6.07) is 0.275. The molecule has 22 heavy (non-hydrogen) atoms. The van der Waals surface area contributed by atoms with E-state index in [-0.39, 0.29) is 11.7 Å². The van der Waals surface area contributed by atoms with Crippen LogP contribution in [0.1, 0.15) is 24.3 Å². The highest BCUT2D eigenvalue weighted by molar-refractivity contribution is 5.84. The number of rotatable bonds is 10. The van der Waals surface area contributed by atoms with E-state index in [4.69, 9.17) is 5.11 Å². The van der Waals surface area contributed by atoms with E-state index in [1.165, 1.54) is 12.4 Å². The third-order valence-electron chi connectivity index (χ3n) is 3.33. The molecule has 0 bridgehead atoms. The number of anilines is 1. The molecular formula is C16H24N4O2. The molecule has 1 rings (SSSR count). The van der Waals surface area contributed by atoms with Crippen molar-refractivity contribution < 1.29 is 9.90 Å². The van der Waals surface area contributed by atoms with Crippen molar-refractivity contribution in [3.63, 3.8) is 0 Å². The summed E-state index contributed by atoms with van der Waals surface area (Å²) in [6.07, 6.45) is 6.44. The zero-order valence-corrected chi connectivity index (χ0v) is 13.2. The van der Waals surface area contributed by atoms with Crippen LogP contribution in [-0.4, -0.2) is 51.6 Å². The van der Waals surface area contributed by atoms with Crippen molar-refractivity contribution >= 4 is 11.8 Å². The molecule has 0 saturated carbocycles. The molecule has 6 heteroatoms. The summed E-state index contributed by atoms with van der Waals surface area (Å²) in [6.45, 7) is 14.1. The second-order valence-corrected chi connectivity index (χ2v) is 5.32. The van der Waals surface area contributed by atoms with E-state index in [1.54, 1.807) is 0 Å².